The lowest BCUT2D eigenvalue weighted by molar-refractivity contribution is 0.102. The summed E-state index contributed by atoms with van der Waals surface area (Å²) in [4.78, 5) is 28.9. The van der Waals surface area contributed by atoms with Crippen LogP contribution in [0.3, 0.4) is 0 Å². The second-order valence-corrected chi connectivity index (χ2v) is 7.07. The van der Waals surface area contributed by atoms with Crippen molar-refractivity contribution in [2.24, 2.45) is 0 Å². The molecule has 0 bridgehead atoms. The molecule has 4 rings (SSSR count). The van der Waals surface area contributed by atoms with Gasteiger partial charge in [-0.25, -0.2) is 0 Å². The highest BCUT2D eigenvalue weighted by Crippen LogP contribution is 2.29. The molecule has 8 heteroatoms. The van der Waals surface area contributed by atoms with Crippen LogP contribution >= 0.6 is 12.2 Å². The Bertz CT molecular complexity index is 1390. The fourth-order valence-electron chi connectivity index (χ4n) is 3.27. The first-order valence-electron chi connectivity index (χ1n) is 9.39. The number of hydrogen-bond acceptors (Lipinski definition) is 5. The van der Waals surface area contributed by atoms with E-state index < -0.39 is 0 Å². The lowest BCUT2D eigenvalue weighted by atomic mass is 10.1. The number of aromatic nitrogens is 2. The molecule has 4 aromatic rings. The third-order valence-corrected chi connectivity index (χ3v) is 5.12. The van der Waals surface area contributed by atoms with Crippen LogP contribution in [0.4, 0.5) is 5.69 Å². The van der Waals surface area contributed by atoms with Crippen molar-refractivity contribution in [3.63, 3.8) is 0 Å². The van der Waals surface area contributed by atoms with Crippen molar-refractivity contribution in [1.82, 2.24) is 9.55 Å². The number of hydrogen-bond donors (Lipinski definition) is 2. The summed E-state index contributed by atoms with van der Waals surface area (Å²) in [6.07, 6.45) is 0. The molecule has 0 saturated heterocycles. The van der Waals surface area contributed by atoms with Gasteiger partial charge in [0.25, 0.3) is 11.5 Å². The van der Waals surface area contributed by atoms with E-state index in [9.17, 15) is 9.59 Å². The molecule has 0 radical (unpaired) electrons. The monoisotopic (exact) mass is 433 g/mol. The Hall–Kier alpha value is -3.91. The highest BCUT2D eigenvalue weighted by atomic mass is 32.1. The maximum absolute atomic E-state index is 13.0. The zero-order chi connectivity index (χ0) is 22.0. The quantitative estimate of drug-likeness (QED) is 0.458. The molecule has 0 aliphatic heterocycles. The molecule has 0 aliphatic carbocycles. The van der Waals surface area contributed by atoms with Crippen molar-refractivity contribution in [2.75, 3.05) is 19.5 Å². The largest absolute Gasteiger partial charge is 0.497 e. The molecule has 156 valence electrons. The first kappa shape index (κ1) is 20.4. The summed E-state index contributed by atoms with van der Waals surface area (Å²) in [5, 5.41) is 3.24. The molecule has 0 spiro atoms. The molecule has 0 aliphatic rings. The number of fused-ring (bicyclic) bond motifs is 1. The van der Waals surface area contributed by atoms with Crippen LogP contribution < -0.4 is 20.3 Å². The van der Waals surface area contributed by atoms with E-state index in [0.717, 1.165) is 0 Å². The number of benzene rings is 3. The number of amides is 1. The Morgan fingerprint density at radius 3 is 2.48 bits per heavy atom. The third-order valence-electron chi connectivity index (χ3n) is 4.83. The van der Waals surface area contributed by atoms with E-state index >= 15 is 0 Å². The van der Waals surface area contributed by atoms with Crippen LogP contribution in [0.25, 0.3) is 16.6 Å². The van der Waals surface area contributed by atoms with Crippen molar-refractivity contribution >= 4 is 34.7 Å². The van der Waals surface area contributed by atoms with Crippen LogP contribution in [-0.2, 0) is 0 Å². The summed E-state index contributed by atoms with van der Waals surface area (Å²) in [6.45, 7) is 0. The molecule has 3 aromatic carbocycles. The van der Waals surface area contributed by atoms with Gasteiger partial charge in [-0.3, -0.25) is 14.2 Å². The summed E-state index contributed by atoms with van der Waals surface area (Å²) < 4.78 is 12.2. The highest BCUT2D eigenvalue weighted by molar-refractivity contribution is 7.71. The van der Waals surface area contributed by atoms with Crippen LogP contribution in [0.1, 0.15) is 10.4 Å². The average molecular weight is 433 g/mol. The molecule has 2 N–H and O–H groups in total. The number of carbonyl (C=O) groups is 1. The number of nitrogens with zero attached hydrogens (tertiary/aromatic N) is 1. The Morgan fingerprint density at radius 2 is 1.77 bits per heavy atom. The number of methoxy groups -OCH3 is 2. The maximum Gasteiger partial charge on any atom is 0.266 e. The van der Waals surface area contributed by atoms with Crippen LogP contribution in [0, 0.1) is 4.77 Å². The van der Waals surface area contributed by atoms with Crippen LogP contribution in [-0.4, -0.2) is 29.7 Å². The number of nitrogens with one attached hydrogen (secondary N) is 2. The number of carbonyl (C=O) groups excluding carboxylic acids is 1. The Labute approximate surface area is 182 Å². The van der Waals surface area contributed by atoms with Gasteiger partial charge >= 0.3 is 0 Å². The Morgan fingerprint density at radius 1 is 1.00 bits per heavy atom. The lowest BCUT2D eigenvalue weighted by Crippen LogP contribution is -2.21. The molecule has 7 nitrogen and oxygen atoms in total. The van der Waals surface area contributed by atoms with E-state index in [0.29, 0.717) is 39.3 Å². The number of aromatic amines is 1. The van der Waals surface area contributed by atoms with Gasteiger partial charge in [0.15, 0.2) is 4.77 Å². The zero-order valence-corrected chi connectivity index (χ0v) is 17.7. The van der Waals surface area contributed by atoms with E-state index in [1.165, 1.54) is 11.7 Å². The standard InChI is InChI=1S/C23H19N3O4S/c1-29-16-9-11-18(20(13-16)30-2)24-21(27)14-8-10-17-19(12-14)25-23(31)26(22(17)28)15-6-4-3-5-7-15/h3-13H,1-2H3,(H,24,27)(H,25,31). The molecule has 1 heterocycles. The smallest absolute Gasteiger partial charge is 0.266 e. The Balaban J connectivity index is 1.71. The van der Waals surface area contributed by atoms with Gasteiger partial charge in [0.1, 0.15) is 11.5 Å². The predicted molar refractivity (Wildman–Crippen MR) is 122 cm³/mol. The predicted octanol–water partition coefficient (Wildman–Crippen LogP) is 4.32. The van der Waals surface area contributed by atoms with Crippen molar-refractivity contribution in [3.05, 3.63) is 87.4 Å². The summed E-state index contributed by atoms with van der Waals surface area (Å²) >= 11 is 5.40. The molecular formula is C23H19N3O4S. The van der Waals surface area contributed by atoms with Gasteiger partial charge < -0.3 is 19.8 Å². The highest BCUT2D eigenvalue weighted by Gasteiger charge is 2.14. The molecule has 0 atom stereocenters. The summed E-state index contributed by atoms with van der Waals surface area (Å²) in [6, 6.07) is 19.1. The number of anilines is 1. The van der Waals surface area contributed by atoms with E-state index in [2.05, 4.69) is 10.3 Å². The van der Waals surface area contributed by atoms with Crippen LogP contribution in [0.2, 0.25) is 0 Å². The van der Waals surface area contributed by atoms with Crippen LogP contribution in [0.15, 0.2) is 71.5 Å². The van der Waals surface area contributed by atoms with Gasteiger partial charge in [0.05, 0.1) is 36.5 Å². The normalized spacial score (nSPS) is 10.6. The molecule has 1 aromatic heterocycles. The molecule has 0 fully saturated rings. The molecular weight excluding hydrogens is 414 g/mol. The van der Waals surface area contributed by atoms with Crippen molar-refractivity contribution in [3.8, 4) is 17.2 Å². The number of rotatable bonds is 5. The topological polar surface area (TPSA) is 85.4 Å². The number of ether oxygens (including phenoxy) is 2. The second kappa shape index (κ2) is 8.45. The lowest BCUT2D eigenvalue weighted by Gasteiger charge is -2.12. The number of para-hydroxylation sites is 1. The minimum atomic E-state index is -0.350. The van der Waals surface area contributed by atoms with E-state index in [1.807, 2.05) is 18.2 Å². The van der Waals surface area contributed by atoms with Crippen molar-refractivity contribution in [2.45, 2.75) is 0 Å². The average Bonchev–Trinajstić information content (AvgIpc) is 2.79. The first-order chi connectivity index (χ1) is 15.0. The van der Waals surface area contributed by atoms with Gasteiger partial charge in [-0.05, 0) is 54.7 Å². The SMILES string of the molecule is COc1ccc(NC(=O)c2ccc3c(=O)n(-c4ccccc4)c(=S)[nH]c3c2)c(OC)c1. The van der Waals surface area contributed by atoms with Gasteiger partial charge in [-0.2, -0.15) is 0 Å². The van der Waals surface area contributed by atoms with Crippen LogP contribution in [0.5, 0.6) is 11.5 Å². The van der Waals surface area contributed by atoms with Gasteiger partial charge in [-0.1, -0.05) is 18.2 Å². The summed E-state index contributed by atoms with van der Waals surface area (Å²) in [7, 11) is 3.07. The molecule has 0 saturated carbocycles. The summed E-state index contributed by atoms with van der Waals surface area (Å²) in [5.41, 5.74) is 1.77. The fourth-order valence-corrected chi connectivity index (χ4v) is 3.57. The van der Waals surface area contributed by atoms with E-state index in [-0.39, 0.29) is 16.2 Å². The molecule has 31 heavy (non-hydrogen) atoms. The minimum absolute atomic E-state index is 0.248. The van der Waals surface area contributed by atoms with Gasteiger partial charge in [-0.15, -0.1) is 0 Å². The second-order valence-electron chi connectivity index (χ2n) is 6.69. The molecule has 0 unspecified atom stereocenters. The van der Waals surface area contributed by atoms with Gasteiger partial charge in [0, 0.05) is 11.6 Å². The first-order valence-corrected chi connectivity index (χ1v) is 9.80. The maximum atomic E-state index is 13.0. The zero-order valence-electron chi connectivity index (χ0n) is 16.8. The van der Waals surface area contributed by atoms with Gasteiger partial charge in [0.2, 0.25) is 0 Å². The van der Waals surface area contributed by atoms with Crippen molar-refractivity contribution in [1.29, 1.82) is 0 Å². The third kappa shape index (κ3) is 3.93. The van der Waals surface area contributed by atoms with Crippen molar-refractivity contribution < 1.29 is 14.3 Å². The molecule has 1 amide bonds. The minimum Gasteiger partial charge on any atom is -0.497 e. The van der Waals surface area contributed by atoms with E-state index in [4.69, 9.17) is 21.7 Å². The van der Waals surface area contributed by atoms with E-state index in [1.54, 1.807) is 55.6 Å². The number of H-pyrrole nitrogens is 1. The fraction of sp³-hybridized carbons (Fsp3) is 0.0870. The Kier molecular flexibility index (Phi) is 5.55. The summed E-state index contributed by atoms with van der Waals surface area (Å²) in [5.74, 6) is 0.735.